The molecule has 0 aliphatic carbocycles. The molecule has 2 rings (SSSR count). The number of benzene rings is 1. The fraction of sp³-hybridized carbons (Fsp3) is 0.200. The molecule has 0 bridgehead atoms. The molecule has 0 unspecified atom stereocenters. The highest BCUT2D eigenvalue weighted by molar-refractivity contribution is 7.99. The van der Waals surface area contributed by atoms with Gasteiger partial charge in [0.25, 0.3) is 0 Å². The van der Waals surface area contributed by atoms with E-state index in [1.807, 2.05) is 0 Å². The Morgan fingerprint density at radius 1 is 1.33 bits per heavy atom. The Balaban J connectivity index is 1.94. The third kappa shape index (κ3) is 4.66. The van der Waals surface area contributed by atoms with Crippen molar-refractivity contribution in [3.63, 3.8) is 0 Å². The molecule has 0 saturated carbocycles. The Morgan fingerprint density at radius 3 is 2.71 bits per heavy atom. The van der Waals surface area contributed by atoms with Crippen molar-refractivity contribution in [2.24, 2.45) is 7.05 Å². The Labute approximate surface area is 142 Å². The van der Waals surface area contributed by atoms with Crippen LogP contribution in [-0.4, -0.2) is 39.0 Å². The number of nitrogens with one attached hydrogen (secondary N) is 2. The molecule has 2 N–H and O–H groups in total. The van der Waals surface area contributed by atoms with E-state index in [1.165, 1.54) is 18.2 Å². The van der Waals surface area contributed by atoms with Crippen LogP contribution in [0.1, 0.15) is 0 Å². The fourth-order valence-corrected chi connectivity index (χ4v) is 2.50. The van der Waals surface area contributed by atoms with Gasteiger partial charge in [-0.05, 0) is 24.3 Å². The number of rotatable bonds is 6. The molecule has 1 aromatic heterocycles. The van der Waals surface area contributed by atoms with Crippen LogP contribution in [0.4, 0.5) is 9.18 Å². The molecule has 126 valence electrons. The molecule has 0 saturated heterocycles. The molecule has 1 heterocycles. The molecule has 2 aromatic rings. The van der Waals surface area contributed by atoms with Crippen molar-refractivity contribution in [2.45, 2.75) is 5.16 Å². The number of carbonyl (C=O) groups is 2. The maximum atomic E-state index is 13.0. The maximum Gasteiger partial charge on any atom is 0.321 e. The summed E-state index contributed by atoms with van der Waals surface area (Å²) in [6.45, 7) is 3.73. The maximum absolute atomic E-state index is 13.0. The SMILES string of the molecule is C=CCNC(=O)NC(=O)CSc1nnc(-c2ccc(F)cc2)n1C. The fourth-order valence-electron chi connectivity index (χ4n) is 1.79. The topological polar surface area (TPSA) is 88.9 Å². The van der Waals surface area contributed by atoms with Gasteiger partial charge in [0, 0.05) is 19.2 Å². The second-order valence-electron chi connectivity index (χ2n) is 4.71. The van der Waals surface area contributed by atoms with Gasteiger partial charge in [-0.25, -0.2) is 9.18 Å². The molecule has 9 heteroatoms. The summed E-state index contributed by atoms with van der Waals surface area (Å²) in [7, 11) is 1.75. The first-order valence-corrected chi connectivity index (χ1v) is 7.96. The molecule has 7 nitrogen and oxygen atoms in total. The summed E-state index contributed by atoms with van der Waals surface area (Å²) in [5.74, 6) is -0.215. The van der Waals surface area contributed by atoms with E-state index in [0.717, 1.165) is 11.8 Å². The van der Waals surface area contributed by atoms with Crippen LogP contribution in [0.15, 0.2) is 42.1 Å². The van der Waals surface area contributed by atoms with E-state index in [9.17, 15) is 14.0 Å². The number of amides is 3. The quantitative estimate of drug-likeness (QED) is 0.612. The minimum atomic E-state index is -0.578. The van der Waals surface area contributed by atoms with Gasteiger partial charge < -0.3 is 9.88 Å². The predicted molar refractivity (Wildman–Crippen MR) is 88.9 cm³/mol. The molecule has 3 amide bonds. The lowest BCUT2D eigenvalue weighted by molar-refractivity contribution is -0.117. The van der Waals surface area contributed by atoms with Crippen molar-refractivity contribution in [3.8, 4) is 11.4 Å². The molecule has 0 fully saturated rings. The van der Waals surface area contributed by atoms with Crippen LogP contribution in [0.2, 0.25) is 0 Å². The number of nitrogens with zero attached hydrogens (tertiary/aromatic N) is 3. The molecule has 0 spiro atoms. The van der Waals surface area contributed by atoms with Gasteiger partial charge in [0.2, 0.25) is 5.91 Å². The largest absolute Gasteiger partial charge is 0.334 e. The Morgan fingerprint density at radius 2 is 2.04 bits per heavy atom. The zero-order chi connectivity index (χ0) is 17.5. The van der Waals surface area contributed by atoms with Crippen molar-refractivity contribution in [1.29, 1.82) is 0 Å². The average molecular weight is 349 g/mol. The standard InChI is InChI=1S/C15H16FN5O2S/c1-3-8-17-14(23)18-12(22)9-24-15-20-19-13(21(15)2)10-4-6-11(16)7-5-10/h3-7H,1,8-9H2,2H3,(H2,17,18,22,23). The van der Waals surface area contributed by atoms with E-state index in [4.69, 9.17) is 0 Å². The summed E-state index contributed by atoms with van der Waals surface area (Å²) in [5.41, 5.74) is 0.714. The summed E-state index contributed by atoms with van der Waals surface area (Å²) in [5, 5.41) is 13.2. The normalized spacial score (nSPS) is 10.2. The highest BCUT2D eigenvalue weighted by Gasteiger charge is 2.14. The minimum absolute atomic E-state index is 0.0108. The number of carbonyl (C=O) groups excluding carboxylic acids is 2. The Hall–Kier alpha value is -2.68. The van der Waals surface area contributed by atoms with E-state index in [1.54, 1.807) is 23.7 Å². The van der Waals surface area contributed by atoms with Crippen LogP contribution in [0.3, 0.4) is 0 Å². The zero-order valence-corrected chi connectivity index (χ0v) is 13.8. The van der Waals surface area contributed by atoms with Crippen LogP contribution >= 0.6 is 11.8 Å². The summed E-state index contributed by atoms with van der Waals surface area (Å²) in [4.78, 5) is 23.0. The minimum Gasteiger partial charge on any atom is -0.334 e. The molecule has 0 aliphatic heterocycles. The van der Waals surface area contributed by atoms with E-state index in [0.29, 0.717) is 16.5 Å². The van der Waals surface area contributed by atoms with Gasteiger partial charge in [0.05, 0.1) is 5.75 Å². The van der Waals surface area contributed by atoms with Crippen molar-refractivity contribution in [2.75, 3.05) is 12.3 Å². The molecular weight excluding hydrogens is 333 g/mol. The summed E-state index contributed by atoms with van der Waals surface area (Å²) >= 11 is 1.14. The second-order valence-corrected chi connectivity index (χ2v) is 5.65. The van der Waals surface area contributed by atoms with E-state index < -0.39 is 11.9 Å². The highest BCUT2D eigenvalue weighted by atomic mass is 32.2. The number of urea groups is 1. The average Bonchev–Trinajstić information content (AvgIpc) is 2.92. The van der Waals surface area contributed by atoms with Gasteiger partial charge in [0.1, 0.15) is 5.82 Å². The first-order chi connectivity index (χ1) is 11.5. The lowest BCUT2D eigenvalue weighted by Crippen LogP contribution is -2.40. The lowest BCUT2D eigenvalue weighted by Gasteiger charge is -2.05. The van der Waals surface area contributed by atoms with E-state index >= 15 is 0 Å². The van der Waals surface area contributed by atoms with E-state index in [2.05, 4.69) is 27.4 Å². The molecule has 0 radical (unpaired) electrons. The molecule has 0 aliphatic rings. The Kier molecular flexibility index (Phi) is 6.07. The number of imide groups is 1. The van der Waals surface area contributed by atoms with Crippen LogP contribution < -0.4 is 10.6 Å². The predicted octanol–water partition coefficient (Wildman–Crippen LogP) is 1.73. The summed E-state index contributed by atoms with van der Waals surface area (Å²) in [6, 6.07) is 5.30. The van der Waals surface area contributed by atoms with Crippen LogP contribution in [0.25, 0.3) is 11.4 Å². The first-order valence-electron chi connectivity index (χ1n) is 6.98. The van der Waals surface area contributed by atoms with Gasteiger partial charge in [-0.1, -0.05) is 17.8 Å². The van der Waals surface area contributed by atoms with Gasteiger partial charge in [0.15, 0.2) is 11.0 Å². The molecular formula is C15H16FN5O2S. The highest BCUT2D eigenvalue weighted by Crippen LogP contribution is 2.22. The van der Waals surface area contributed by atoms with Gasteiger partial charge in [-0.15, -0.1) is 16.8 Å². The van der Waals surface area contributed by atoms with Gasteiger partial charge >= 0.3 is 6.03 Å². The molecule has 0 atom stereocenters. The van der Waals surface area contributed by atoms with Crippen molar-refractivity contribution in [1.82, 2.24) is 25.4 Å². The summed E-state index contributed by atoms with van der Waals surface area (Å²) < 4.78 is 14.7. The van der Waals surface area contributed by atoms with Gasteiger partial charge in [-0.3, -0.25) is 10.1 Å². The number of aromatic nitrogens is 3. The first kappa shape index (κ1) is 17.7. The molecule has 24 heavy (non-hydrogen) atoms. The molecule has 1 aromatic carbocycles. The number of thioether (sulfide) groups is 1. The number of hydrogen-bond acceptors (Lipinski definition) is 5. The third-order valence-corrected chi connectivity index (χ3v) is 3.95. The smallest absolute Gasteiger partial charge is 0.321 e. The van der Waals surface area contributed by atoms with Crippen LogP contribution in [0, 0.1) is 5.82 Å². The monoisotopic (exact) mass is 349 g/mol. The number of hydrogen-bond donors (Lipinski definition) is 2. The van der Waals surface area contributed by atoms with Crippen molar-refractivity contribution in [3.05, 3.63) is 42.7 Å². The summed E-state index contributed by atoms with van der Waals surface area (Å²) in [6.07, 6.45) is 1.51. The van der Waals surface area contributed by atoms with Crippen molar-refractivity contribution < 1.29 is 14.0 Å². The van der Waals surface area contributed by atoms with Crippen LogP contribution in [-0.2, 0) is 11.8 Å². The second kappa shape index (κ2) is 8.25. The van der Waals surface area contributed by atoms with Crippen LogP contribution in [0.5, 0.6) is 0 Å². The lowest BCUT2D eigenvalue weighted by atomic mass is 10.2. The van der Waals surface area contributed by atoms with Crippen molar-refractivity contribution >= 4 is 23.7 Å². The van der Waals surface area contributed by atoms with E-state index in [-0.39, 0.29) is 18.1 Å². The Bertz CT molecular complexity index is 745. The number of halogens is 1. The zero-order valence-electron chi connectivity index (χ0n) is 13.0. The third-order valence-electron chi connectivity index (χ3n) is 2.93. The van der Waals surface area contributed by atoms with Gasteiger partial charge in [-0.2, -0.15) is 0 Å².